The van der Waals surface area contributed by atoms with Crippen molar-refractivity contribution in [3.8, 4) is 0 Å². The monoisotopic (exact) mass is 1150 g/mol. The molecule has 2 fully saturated rings. The molecule has 0 spiro atoms. The van der Waals surface area contributed by atoms with E-state index in [2.05, 4.69) is 72.2 Å². The van der Waals surface area contributed by atoms with Crippen LogP contribution in [0.4, 0.5) is 64.9 Å². The maximum Gasteiger partial charge on any atom is 0.416 e. The number of aryl methyl sites for hydroxylation is 1. The molecule has 0 aliphatic carbocycles. The molecule has 2 saturated heterocycles. The molecule has 0 bridgehead atoms. The third-order valence-corrected chi connectivity index (χ3v) is 14.3. The van der Waals surface area contributed by atoms with Gasteiger partial charge in [-0.25, -0.2) is 0 Å². The molecule has 1 atom stereocenters. The zero-order chi connectivity index (χ0) is 58.6. The molecule has 0 aromatic carbocycles. The summed E-state index contributed by atoms with van der Waals surface area (Å²) in [5.41, 5.74) is 16.4. The van der Waals surface area contributed by atoms with Crippen molar-refractivity contribution in [3.63, 3.8) is 0 Å². The maximum absolute atomic E-state index is 17.0. The minimum absolute atomic E-state index is 0.0472. The second-order valence-electron chi connectivity index (χ2n) is 20.3. The summed E-state index contributed by atoms with van der Waals surface area (Å²) in [5, 5.41) is 8.48. The molecule has 10 heterocycles. The first-order valence-electron chi connectivity index (χ1n) is 26.6. The molecule has 1 unspecified atom stereocenters. The zero-order valence-corrected chi connectivity index (χ0v) is 45.6. The number of pyridine rings is 6. The van der Waals surface area contributed by atoms with Gasteiger partial charge < -0.3 is 36.0 Å². The molecule has 6 aromatic rings. The second-order valence-corrected chi connectivity index (χ2v) is 20.3. The number of piperazine rings is 2. The number of hydrogen-bond donors (Lipinski definition) is 6. The smallest absolute Gasteiger partial charge is 0.377 e. The fourth-order valence-electron chi connectivity index (χ4n) is 9.77. The lowest BCUT2D eigenvalue weighted by Crippen LogP contribution is -2.52. The van der Waals surface area contributed by atoms with Crippen LogP contribution in [-0.4, -0.2) is 125 Å². The maximum atomic E-state index is 17.0. The van der Waals surface area contributed by atoms with E-state index in [0.717, 1.165) is 79.8 Å². The standard InChI is InChI=1S/C55H59F7N18O3/c1-34(2)83-18-17-74-9-13-76(14-10-74)43-20-38(26-64-28-43)48-32-80(73-71-48)50-24-42(69-53(82)46-22-40(6-8-66-46)55(60,61)62)30-78(36(50)4)51(56)33-75-11-15-77(16-12-75)44-19-37(25-63-29-44)47-31-79(72-70-47)49-23-41(27-67-35(49)3)68-52(81)45-21-39(5-7-65-45)54(57,58)59/h5-8,19-32,34,51H,9-18,33H2,1-4H3,(H5-,65,66,68,69,70,71,72,73,81,82)/p+1. The van der Waals surface area contributed by atoms with Crippen LogP contribution in [0.3, 0.4) is 0 Å². The number of nitrogens with zero attached hydrogens (tertiary/aromatic N) is 12. The lowest BCUT2D eigenvalue weighted by molar-refractivity contribution is -0.751. The van der Waals surface area contributed by atoms with Crippen LogP contribution < -0.4 is 56.9 Å². The van der Waals surface area contributed by atoms with Crippen LogP contribution in [0, 0.1) is 13.8 Å². The first-order chi connectivity index (χ1) is 39.7. The average Bonchev–Trinajstić information content (AvgIpc) is 4.32. The highest BCUT2D eigenvalue weighted by Crippen LogP contribution is 2.33. The Labute approximate surface area is 472 Å². The summed E-state index contributed by atoms with van der Waals surface area (Å²) >= 11 is 0. The van der Waals surface area contributed by atoms with Crippen LogP contribution >= 0.6 is 0 Å². The molecule has 2 amide bonds. The topological polar surface area (TPSA) is 203 Å². The van der Waals surface area contributed by atoms with Gasteiger partial charge in [0.2, 0.25) is 5.69 Å². The molecule has 436 valence electrons. The third kappa shape index (κ3) is 13.9. The Morgan fingerprint density at radius 3 is 1.69 bits per heavy atom. The van der Waals surface area contributed by atoms with Crippen LogP contribution in [0.2, 0.25) is 0 Å². The van der Waals surface area contributed by atoms with Gasteiger partial charge in [0.1, 0.15) is 22.8 Å². The average molecular weight is 1150 g/mol. The predicted octanol–water partition coefficient (Wildman–Crippen LogP) is 6.60. The van der Waals surface area contributed by atoms with Gasteiger partial charge >= 0.3 is 18.6 Å². The van der Waals surface area contributed by atoms with E-state index in [1.54, 1.807) is 67.0 Å². The summed E-state index contributed by atoms with van der Waals surface area (Å²) in [7, 11) is 0. The Morgan fingerprint density at radius 2 is 1.16 bits per heavy atom. The van der Waals surface area contributed by atoms with Crippen molar-refractivity contribution in [1.29, 1.82) is 0 Å². The number of alkyl halides is 7. The van der Waals surface area contributed by atoms with Crippen molar-refractivity contribution in [2.45, 2.75) is 52.4 Å². The Bertz CT molecular complexity index is 3400. The summed E-state index contributed by atoms with van der Waals surface area (Å²) in [4.78, 5) is 56.3. The van der Waals surface area contributed by atoms with Crippen molar-refractivity contribution in [1.82, 2.24) is 56.6 Å². The Kier molecular flexibility index (Phi) is 17.0. The van der Waals surface area contributed by atoms with Gasteiger partial charge in [0, 0.05) is 114 Å². The van der Waals surface area contributed by atoms with E-state index in [-0.39, 0.29) is 24.0 Å². The first-order valence-corrected chi connectivity index (χ1v) is 26.6. The van der Waals surface area contributed by atoms with Crippen molar-refractivity contribution < 1.29 is 49.6 Å². The van der Waals surface area contributed by atoms with Crippen LogP contribution in [0.5, 0.6) is 0 Å². The number of aromatic nitrogens is 6. The Hall–Kier alpha value is -8.57. The molecule has 4 aliphatic rings. The SMILES string of the molecule is Cc1ncc(NC(=O)c2cc(C(F)(F)F)ccn2)cc1N1C=C(c2cncc(N3CCN(CC(F)[n+]4cc(NC(=O)c5cc(C(F)(F)F)ccn5)cc(N5C=C(c6cncc(N7CCN(CCOC(C)C)CC7)c6)NN5)c4C)CC3)c2)NN1. The van der Waals surface area contributed by atoms with Crippen molar-refractivity contribution in [2.24, 2.45) is 0 Å². The normalized spacial score (nSPS) is 16.6. The van der Waals surface area contributed by atoms with E-state index in [1.165, 1.54) is 17.0 Å². The first kappa shape index (κ1) is 57.7. The molecular formula is C55H60F7N18O3+. The van der Waals surface area contributed by atoms with Gasteiger partial charge in [0.05, 0.1) is 88.8 Å². The number of nitrogens with one attached hydrogen (secondary N) is 6. The van der Waals surface area contributed by atoms with Crippen molar-refractivity contribution in [3.05, 3.63) is 156 Å². The highest BCUT2D eigenvalue weighted by atomic mass is 19.4. The quantitative estimate of drug-likeness (QED) is 0.0421. The summed E-state index contributed by atoms with van der Waals surface area (Å²) in [6, 6.07) is 10.1. The van der Waals surface area contributed by atoms with Crippen LogP contribution in [0.1, 0.15) is 74.8 Å². The number of hydrazine groups is 4. The molecule has 6 aromatic heterocycles. The predicted molar refractivity (Wildman–Crippen MR) is 295 cm³/mol. The molecule has 21 nitrogen and oxygen atoms in total. The number of carbonyl (C=O) groups excluding carboxylic acids is 2. The molecule has 6 N–H and O–H groups in total. The summed E-state index contributed by atoms with van der Waals surface area (Å²) in [5.74, 6) is -1.77. The molecule has 83 heavy (non-hydrogen) atoms. The number of carbonyl (C=O) groups is 2. The minimum atomic E-state index is -4.72. The number of anilines is 6. The van der Waals surface area contributed by atoms with Gasteiger partial charge in [-0.1, -0.05) is 0 Å². The van der Waals surface area contributed by atoms with E-state index >= 15 is 4.39 Å². The van der Waals surface area contributed by atoms with E-state index in [9.17, 15) is 35.9 Å². The van der Waals surface area contributed by atoms with Crippen LogP contribution in [0.15, 0.2) is 111 Å². The van der Waals surface area contributed by atoms with Gasteiger partial charge in [-0.3, -0.25) is 54.3 Å². The van der Waals surface area contributed by atoms with E-state index < -0.39 is 53.0 Å². The number of amides is 2. The van der Waals surface area contributed by atoms with Gasteiger partial charge in [0.25, 0.3) is 11.8 Å². The number of halogens is 7. The van der Waals surface area contributed by atoms with E-state index in [1.807, 2.05) is 37.1 Å². The van der Waals surface area contributed by atoms with Crippen LogP contribution in [0.25, 0.3) is 11.4 Å². The zero-order valence-electron chi connectivity index (χ0n) is 45.6. The fraction of sp³-hybridized carbons (Fsp3) is 0.345. The number of rotatable bonds is 17. The van der Waals surface area contributed by atoms with Gasteiger partial charge in [-0.05, 0) is 69.3 Å². The molecule has 4 aliphatic heterocycles. The Balaban J connectivity index is 0.810. The number of hydrogen-bond acceptors (Lipinski definition) is 18. The molecular weight excluding hydrogens is 1090 g/mol. The van der Waals surface area contributed by atoms with Gasteiger partial charge in [-0.15, -0.1) is 11.1 Å². The fourth-order valence-corrected chi connectivity index (χ4v) is 9.77. The molecule has 0 radical (unpaired) electrons. The van der Waals surface area contributed by atoms with Crippen molar-refractivity contribution >= 4 is 57.3 Å². The largest absolute Gasteiger partial charge is 0.416 e. The molecule has 10 rings (SSSR count). The highest BCUT2D eigenvalue weighted by molar-refractivity contribution is 6.04. The minimum Gasteiger partial charge on any atom is -0.377 e. The van der Waals surface area contributed by atoms with E-state index in [4.69, 9.17) is 4.74 Å². The lowest BCUT2D eigenvalue weighted by atomic mass is 10.2. The van der Waals surface area contributed by atoms with Crippen molar-refractivity contribution in [2.75, 3.05) is 103 Å². The Morgan fingerprint density at radius 1 is 0.651 bits per heavy atom. The third-order valence-electron chi connectivity index (χ3n) is 14.3. The summed E-state index contributed by atoms with van der Waals surface area (Å²) in [6.45, 7) is 14.3. The summed E-state index contributed by atoms with van der Waals surface area (Å²) < 4.78 is 105. The van der Waals surface area contributed by atoms with Gasteiger partial charge in [-0.2, -0.15) is 35.3 Å². The molecule has 0 saturated carbocycles. The summed E-state index contributed by atoms with van der Waals surface area (Å²) in [6.07, 6.45) is 4.27. The second kappa shape index (κ2) is 24.5. The molecule has 28 heteroatoms. The lowest BCUT2D eigenvalue weighted by Gasteiger charge is -2.36. The highest BCUT2D eigenvalue weighted by Gasteiger charge is 2.35. The van der Waals surface area contributed by atoms with Gasteiger partial charge in [0.15, 0.2) is 6.20 Å². The number of ether oxygens (including phenoxy) is 1. The van der Waals surface area contributed by atoms with E-state index in [0.29, 0.717) is 79.1 Å². The van der Waals surface area contributed by atoms with Crippen LogP contribution in [-0.2, 0) is 17.1 Å².